The summed E-state index contributed by atoms with van der Waals surface area (Å²) >= 11 is 0. The predicted molar refractivity (Wildman–Crippen MR) is 128 cm³/mol. The number of allylic oxidation sites excluding steroid dienone is 3. The van der Waals surface area contributed by atoms with Gasteiger partial charge in [-0.1, -0.05) is 17.7 Å². The molecule has 1 atom stereocenters. The van der Waals surface area contributed by atoms with Crippen molar-refractivity contribution < 1.29 is 35.5 Å². The highest BCUT2D eigenvalue weighted by Crippen LogP contribution is 2.45. The number of aromatic nitrogens is 2. The number of aryl methyl sites for hydroxylation is 1. The van der Waals surface area contributed by atoms with Crippen molar-refractivity contribution in [2.24, 2.45) is 11.8 Å². The molecule has 1 saturated carbocycles. The largest absolute Gasteiger partial charge is 0.432 e. The Balaban J connectivity index is 1.31. The zero-order valence-corrected chi connectivity index (χ0v) is 20.7. The van der Waals surface area contributed by atoms with E-state index in [0.717, 1.165) is 43.5 Å². The summed E-state index contributed by atoms with van der Waals surface area (Å²) in [6.45, 7) is 3.71. The average Bonchev–Trinajstić information content (AvgIpc) is 2.86. The van der Waals surface area contributed by atoms with Crippen molar-refractivity contribution in [3.63, 3.8) is 0 Å². The van der Waals surface area contributed by atoms with Gasteiger partial charge < -0.3 is 4.74 Å². The van der Waals surface area contributed by atoms with Crippen LogP contribution in [0, 0.1) is 23.5 Å². The Morgan fingerprint density at radius 1 is 0.921 bits per heavy atom. The molecule has 0 amide bonds. The third-order valence-electron chi connectivity index (χ3n) is 7.45. The fourth-order valence-corrected chi connectivity index (χ4v) is 5.35. The Kier molecular flexibility index (Phi) is 8.47. The third-order valence-corrected chi connectivity index (χ3v) is 7.45. The first-order chi connectivity index (χ1) is 18.0. The summed E-state index contributed by atoms with van der Waals surface area (Å²) in [6.07, 6.45) is 4.12. The molecule has 38 heavy (non-hydrogen) atoms. The lowest BCUT2D eigenvalue weighted by atomic mass is 9.74. The van der Waals surface area contributed by atoms with Crippen molar-refractivity contribution in [3.05, 3.63) is 77.4 Å². The van der Waals surface area contributed by atoms with Crippen LogP contribution in [0.25, 0.3) is 0 Å². The second-order valence-electron chi connectivity index (χ2n) is 10.00. The molecule has 206 valence electrons. The molecule has 0 saturated heterocycles. The molecule has 1 aromatic carbocycles. The number of hydrogen-bond donors (Lipinski definition) is 0. The van der Waals surface area contributed by atoms with Crippen LogP contribution >= 0.6 is 0 Å². The van der Waals surface area contributed by atoms with Crippen LogP contribution in [0.2, 0.25) is 0 Å². The number of nitrogens with zero attached hydrogens (tertiary/aromatic N) is 2. The van der Waals surface area contributed by atoms with E-state index < -0.39 is 41.2 Å². The van der Waals surface area contributed by atoms with E-state index in [-0.39, 0.29) is 36.8 Å². The molecule has 1 aromatic heterocycles. The van der Waals surface area contributed by atoms with Gasteiger partial charge in [-0.25, -0.2) is 18.7 Å². The fourth-order valence-electron chi connectivity index (χ4n) is 5.35. The zero-order valence-electron chi connectivity index (χ0n) is 20.7. The lowest BCUT2D eigenvalue weighted by Gasteiger charge is -2.35. The summed E-state index contributed by atoms with van der Waals surface area (Å²) in [5.74, 6) is -5.00. The van der Waals surface area contributed by atoms with Gasteiger partial charge in [-0.3, -0.25) is 0 Å². The maximum Gasteiger partial charge on any atom is 0.422 e. The second kappa shape index (κ2) is 11.5. The standard InChI is InChI=1S/C28H29F7N2O/c1-2-3-4-17-15-36-26(37-16-17)20-7-5-18(6-8-20)19-9-11-21(12-10-19)28(34,35)38-22-13-23(29)25(24(30)14-22)27(31,32)33/h2,5,13-16,19-21H,1,3-4,6-12H2. The highest BCUT2D eigenvalue weighted by atomic mass is 19.4. The summed E-state index contributed by atoms with van der Waals surface area (Å²) in [5.41, 5.74) is 0.161. The van der Waals surface area contributed by atoms with Gasteiger partial charge in [-0.2, -0.15) is 22.0 Å². The highest BCUT2D eigenvalue weighted by molar-refractivity contribution is 5.32. The van der Waals surface area contributed by atoms with Crippen molar-refractivity contribution >= 4 is 0 Å². The molecule has 2 aliphatic rings. The van der Waals surface area contributed by atoms with Gasteiger partial charge in [0.25, 0.3) is 0 Å². The van der Waals surface area contributed by atoms with E-state index in [1.807, 2.05) is 18.5 Å². The molecule has 0 radical (unpaired) electrons. The number of ether oxygens (including phenoxy) is 1. The smallest absolute Gasteiger partial charge is 0.422 e. The summed E-state index contributed by atoms with van der Waals surface area (Å²) in [6, 6.07) is 0.292. The second-order valence-corrected chi connectivity index (χ2v) is 10.00. The number of alkyl halides is 5. The molecular weight excluding hydrogens is 513 g/mol. The van der Waals surface area contributed by atoms with E-state index in [2.05, 4.69) is 27.4 Å². The number of benzene rings is 1. The Morgan fingerprint density at radius 3 is 2.08 bits per heavy atom. The van der Waals surface area contributed by atoms with Gasteiger partial charge in [0.2, 0.25) is 0 Å². The molecule has 2 aliphatic carbocycles. The zero-order chi connectivity index (χ0) is 27.5. The molecule has 0 spiro atoms. The number of hydrogen-bond acceptors (Lipinski definition) is 3. The van der Waals surface area contributed by atoms with Crippen LogP contribution < -0.4 is 4.74 Å². The quantitative estimate of drug-likeness (QED) is 0.248. The molecule has 10 heteroatoms. The van der Waals surface area contributed by atoms with E-state index in [1.165, 1.54) is 5.57 Å². The van der Waals surface area contributed by atoms with Gasteiger partial charge in [0, 0.05) is 30.4 Å². The van der Waals surface area contributed by atoms with Crippen molar-refractivity contribution in [1.82, 2.24) is 9.97 Å². The minimum absolute atomic E-state index is 0.124. The lowest BCUT2D eigenvalue weighted by molar-refractivity contribution is -0.223. The van der Waals surface area contributed by atoms with E-state index >= 15 is 0 Å². The normalized spacial score (nSPS) is 22.6. The number of halogens is 7. The molecule has 2 aromatic rings. The van der Waals surface area contributed by atoms with Crippen molar-refractivity contribution in [2.75, 3.05) is 0 Å². The summed E-state index contributed by atoms with van der Waals surface area (Å²) in [4.78, 5) is 9.03. The third kappa shape index (κ3) is 6.56. The minimum atomic E-state index is -5.29. The number of rotatable bonds is 8. The molecule has 0 bridgehead atoms. The minimum Gasteiger partial charge on any atom is -0.432 e. The summed E-state index contributed by atoms with van der Waals surface area (Å²) in [7, 11) is 0. The topological polar surface area (TPSA) is 35.0 Å². The average molecular weight is 543 g/mol. The molecule has 4 rings (SSSR count). The van der Waals surface area contributed by atoms with E-state index in [1.54, 1.807) is 0 Å². The van der Waals surface area contributed by atoms with Crippen LogP contribution in [-0.2, 0) is 12.6 Å². The van der Waals surface area contributed by atoms with Gasteiger partial charge in [0.05, 0.1) is 5.92 Å². The Labute approximate surface area is 216 Å². The summed E-state index contributed by atoms with van der Waals surface area (Å²) < 4.78 is 99.8. The van der Waals surface area contributed by atoms with Crippen LogP contribution in [0.5, 0.6) is 5.75 Å². The molecule has 1 unspecified atom stereocenters. The molecule has 1 fully saturated rings. The van der Waals surface area contributed by atoms with Gasteiger partial charge >= 0.3 is 12.3 Å². The van der Waals surface area contributed by atoms with Crippen molar-refractivity contribution in [3.8, 4) is 5.75 Å². The fraction of sp³-hybridized carbons (Fsp3) is 0.500. The molecular formula is C28H29F7N2O. The Hall–Kier alpha value is -2.91. The SMILES string of the molecule is C=CCCc1cnc(C2CC=C(C3CCC(C(F)(F)Oc4cc(F)c(C(F)(F)F)c(F)c4)CC3)CC2)nc1. The first-order valence-corrected chi connectivity index (χ1v) is 12.7. The van der Waals surface area contributed by atoms with Gasteiger partial charge in [-0.05, 0) is 69.3 Å². The van der Waals surface area contributed by atoms with E-state index in [4.69, 9.17) is 0 Å². The molecule has 1 heterocycles. The van der Waals surface area contributed by atoms with Gasteiger partial charge in [-0.15, -0.1) is 6.58 Å². The van der Waals surface area contributed by atoms with Crippen LogP contribution in [0.3, 0.4) is 0 Å². The molecule has 0 aliphatic heterocycles. The Morgan fingerprint density at radius 2 is 1.55 bits per heavy atom. The molecule has 0 N–H and O–H groups in total. The van der Waals surface area contributed by atoms with Crippen molar-refractivity contribution in [1.29, 1.82) is 0 Å². The van der Waals surface area contributed by atoms with Gasteiger partial charge in [0.1, 0.15) is 28.8 Å². The van der Waals surface area contributed by atoms with E-state index in [0.29, 0.717) is 12.8 Å². The van der Waals surface area contributed by atoms with Crippen molar-refractivity contribution in [2.45, 2.75) is 76.0 Å². The first kappa shape index (κ1) is 28.1. The van der Waals surface area contributed by atoms with E-state index in [9.17, 15) is 30.7 Å². The molecule has 3 nitrogen and oxygen atoms in total. The first-order valence-electron chi connectivity index (χ1n) is 12.7. The van der Waals surface area contributed by atoms with Crippen LogP contribution in [-0.4, -0.2) is 16.1 Å². The van der Waals surface area contributed by atoms with Crippen LogP contribution in [0.15, 0.2) is 48.8 Å². The Bertz CT molecular complexity index is 1130. The van der Waals surface area contributed by atoms with Gasteiger partial charge in [0.15, 0.2) is 0 Å². The maximum absolute atomic E-state index is 14.8. The monoisotopic (exact) mass is 542 g/mol. The lowest BCUT2D eigenvalue weighted by Crippen LogP contribution is -2.37. The maximum atomic E-state index is 14.8. The highest BCUT2D eigenvalue weighted by Gasteiger charge is 2.45. The van der Waals surface area contributed by atoms with Crippen LogP contribution in [0.4, 0.5) is 30.7 Å². The predicted octanol–water partition coefficient (Wildman–Crippen LogP) is 8.56. The van der Waals surface area contributed by atoms with Crippen LogP contribution in [0.1, 0.15) is 74.2 Å². The summed E-state index contributed by atoms with van der Waals surface area (Å²) in [5, 5.41) is 0.